The van der Waals surface area contributed by atoms with Gasteiger partial charge in [-0.3, -0.25) is 0 Å². The van der Waals surface area contributed by atoms with Crippen LogP contribution in [0.15, 0.2) is 24.3 Å². The SMILES string of the molecule is Cc1ccc(-c2cc(N)nc(=S)[nH]2)c(C)c1. The summed E-state index contributed by atoms with van der Waals surface area (Å²) in [5.74, 6) is 0.443. The van der Waals surface area contributed by atoms with E-state index in [1.807, 2.05) is 0 Å². The van der Waals surface area contributed by atoms with Crippen LogP contribution in [0.3, 0.4) is 0 Å². The predicted molar refractivity (Wildman–Crippen MR) is 68.7 cm³/mol. The monoisotopic (exact) mass is 231 g/mol. The lowest BCUT2D eigenvalue weighted by Crippen LogP contribution is -1.95. The zero-order chi connectivity index (χ0) is 11.7. The second kappa shape index (κ2) is 4.06. The Hall–Kier alpha value is -1.68. The quantitative estimate of drug-likeness (QED) is 0.742. The molecule has 0 unspecified atom stereocenters. The molecule has 0 atom stereocenters. The number of H-pyrrole nitrogens is 1. The van der Waals surface area contributed by atoms with Gasteiger partial charge in [0.15, 0.2) is 4.77 Å². The Kier molecular flexibility index (Phi) is 2.75. The Bertz CT molecular complexity index is 587. The van der Waals surface area contributed by atoms with Crippen molar-refractivity contribution in [2.75, 3.05) is 5.73 Å². The molecule has 0 aliphatic rings. The van der Waals surface area contributed by atoms with Crippen molar-refractivity contribution in [3.8, 4) is 11.3 Å². The molecule has 0 spiro atoms. The molecule has 0 saturated heterocycles. The molecule has 0 radical (unpaired) electrons. The molecule has 4 heteroatoms. The largest absolute Gasteiger partial charge is 0.384 e. The zero-order valence-corrected chi connectivity index (χ0v) is 10.1. The number of nitrogens with two attached hydrogens (primary N) is 1. The summed E-state index contributed by atoms with van der Waals surface area (Å²) in [6.07, 6.45) is 0. The highest BCUT2D eigenvalue weighted by Crippen LogP contribution is 2.22. The van der Waals surface area contributed by atoms with Crippen LogP contribution in [0.1, 0.15) is 11.1 Å². The molecule has 2 aromatic rings. The molecular weight excluding hydrogens is 218 g/mol. The van der Waals surface area contributed by atoms with Crippen LogP contribution in [0.25, 0.3) is 11.3 Å². The van der Waals surface area contributed by atoms with E-state index in [0.29, 0.717) is 10.6 Å². The maximum atomic E-state index is 5.68. The van der Waals surface area contributed by atoms with Crippen LogP contribution in [0.4, 0.5) is 5.82 Å². The van der Waals surface area contributed by atoms with Crippen LogP contribution in [0.2, 0.25) is 0 Å². The fraction of sp³-hybridized carbons (Fsp3) is 0.167. The van der Waals surface area contributed by atoms with E-state index in [4.69, 9.17) is 18.0 Å². The van der Waals surface area contributed by atoms with E-state index in [1.165, 1.54) is 11.1 Å². The van der Waals surface area contributed by atoms with Gasteiger partial charge in [0.25, 0.3) is 0 Å². The number of benzene rings is 1. The second-order valence-corrected chi connectivity index (χ2v) is 4.23. The summed E-state index contributed by atoms with van der Waals surface area (Å²) in [4.78, 5) is 6.99. The number of anilines is 1. The third kappa shape index (κ3) is 2.12. The summed E-state index contributed by atoms with van der Waals surface area (Å²) in [6, 6.07) is 8.05. The van der Waals surface area contributed by atoms with Gasteiger partial charge in [-0.25, -0.2) is 4.98 Å². The molecule has 2 rings (SSSR count). The lowest BCUT2D eigenvalue weighted by atomic mass is 10.0. The van der Waals surface area contributed by atoms with E-state index in [-0.39, 0.29) is 0 Å². The molecule has 1 aromatic heterocycles. The van der Waals surface area contributed by atoms with Crippen molar-refractivity contribution in [2.45, 2.75) is 13.8 Å². The van der Waals surface area contributed by atoms with Crippen molar-refractivity contribution < 1.29 is 0 Å². The van der Waals surface area contributed by atoms with Crippen molar-refractivity contribution >= 4 is 18.0 Å². The van der Waals surface area contributed by atoms with Crippen LogP contribution >= 0.6 is 12.2 Å². The van der Waals surface area contributed by atoms with Gasteiger partial charge in [0.1, 0.15) is 5.82 Å². The smallest absolute Gasteiger partial charge is 0.199 e. The molecule has 16 heavy (non-hydrogen) atoms. The standard InChI is InChI=1S/C12H13N3S/c1-7-3-4-9(8(2)5-7)10-6-11(13)15-12(16)14-10/h3-6H,1-2H3,(H3,13,14,15,16). The first kappa shape index (κ1) is 10.8. The van der Waals surface area contributed by atoms with Gasteiger partial charge in [0.2, 0.25) is 0 Å². The minimum absolute atomic E-state index is 0.412. The molecule has 82 valence electrons. The molecule has 1 heterocycles. The Balaban J connectivity index is 2.63. The highest BCUT2D eigenvalue weighted by Gasteiger charge is 2.03. The number of aromatic amines is 1. The van der Waals surface area contributed by atoms with E-state index in [2.05, 4.69) is 42.0 Å². The van der Waals surface area contributed by atoms with Crippen molar-refractivity contribution in [1.29, 1.82) is 0 Å². The lowest BCUT2D eigenvalue weighted by Gasteiger charge is -2.07. The average Bonchev–Trinajstić information content (AvgIpc) is 2.15. The van der Waals surface area contributed by atoms with Crippen molar-refractivity contribution in [3.63, 3.8) is 0 Å². The number of hydrogen-bond acceptors (Lipinski definition) is 3. The van der Waals surface area contributed by atoms with Crippen LogP contribution < -0.4 is 5.73 Å². The Morgan fingerprint density at radius 1 is 1.25 bits per heavy atom. The van der Waals surface area contributed by atoms with E-state index in [0.717, 1.165) is 11.3 Å². The number of aromatic nitrogens is 2. The summed E-state index contributed by atoms with van der Waals surface area (Å²) in [5, 5.41) is 0. The second-order valence-electron chi connectivity index (χ2n) is 3.84. The molecule has 0 aliphatic carbocycles. The Morgan fingerprint density at radius 3 is 2.62 bits per heavy atom. The Labute approximate surface area is 99.4 Å². The summed E-state index contributed by atoms with van der Waals surface area (Å²) in [6.45, 7) is 4.13. The van der Waals surface area contributed by atoms with E-state index >= 15 is 0 Å². The number of nitrogens with zero attached hydrogens (tertiary/aromatic N) is 1. The van der Waals surface area contributed by atoms with Crippen LogP contribution in [0.5, 0.6) is 0 Å². The first-order valence-corrected chi connectivity index (χ1v) is 5.41. The molecule has 3 nitrogen and oxygen atoms in total. The highest BCUT2D eigenvalue weighted by atomic mass is 32.1. The Morgan fingerprint density at radius 2 is 2.00 bits per heavy atom. The topological polar surface area (TPSA) is 54.7 Å². The van der Waals surface area contributed by atoms with Crippen LogP contribution in [-0.2, 0) is 0 Å². The molecule has 1 aromatic carbocycles. The normalized spacial score (nSPS) is 10.4. The van der Waals surface area contributed by atoms with Crippen LogP contribution in [-0.4, -0.2) is 9.97 Å². The third-order valence-electron chi connectivity index (χ3n) is 2.44. The number of rotatable bonds is 1. The molecule has 0 fully saturated rings. The summed E-state index contributed by atoms with van der Waals surface area (Å²) >= 11 is 5.01. The molecule has 0 aliphatic heterocycles. The van der Waals surface area contributed by atoms with Gasteiger partial charge in [-0.15, -0.1) is 0 Å². The van der Waals surface area contributed by atoms with Gasteiger partial charge in [-0.2, -0.15) is 0 Å². The molecule has 0 saturated carbocycles. The third-order valence-corrected chi connectivity index (χ3v) is 2.63. The van der Waals surface area contributed by atoms with E-state index in [9.17, 15) is 0 Å². The van der Waals surface area contributed by atoms with Gasteiger partial charge < -0.3 is 10.7 Å². The predicted octanol–water partition coefficient (Wildman–Crippen LogP) is 3.01. The summed E-state index contributed by atoms with van der Waals surface area (Å²) < 4.78 is 0.412. The summed E-state index contributed by atoms with van der Waals surface area (Å²) in [5.41, 5.74) is 10.1. The number of nitrogen functional groups attached to an aromatic ring is 1. The fourth-order valence-electron chi connectivity index (χ4n) is 1.74. The van der Waals surface area contributed by atoms with Crippen LogP contribution in [0, 0.1) is 18.6 Å². The highest BCUT2D eigenvalue weighted by molar-refractivity contribution is 7.71. The van der Waals surface area contributed by atoms with Crippen molar-refractivity contribution in [2.24, 2.45) is 0 Å². The van der Waals surface area contributed by atoms with Gasteiger partial charge in [0, 0.05) is 11.6 Å². The van der Waals surface area contributed by atoms with Crippen molar-refractivity contribution in [1.82, 2.24) is 9.97 Å². The first-order valence-electron chi connectivity index (χ1n) is 5.01. The average molecular weight is 231 g/mol. The molecular formula is C12H13N3S. The zero-order valence-electron chi connectivity index (χ0n) is 9.24. The summed E-state index contributed by atoms with van der Waals surface area (Å²) in [7, 11) is 0. The molecule has 0 amide bonds. The molecule has 3 N–H and O–H groups in total. The maximum Gasteiger partial charge on any atom is 0.199 e. The van der Waals surface area contributed by atoms with E-state index in [1.54, 1.807) is 6.07 Å². The van der Waals surface area contributed by atoms with Gasteiger partial charge in [0.05, 0.1) is 5.69 Å². The number of aryl methyl sites for hydroxylation is 2. The van der Waals surface area contributed by atoms with Gasteiger partial charge in [-0.05, 0) is 31.6 Å². The minimum Gasteiger partial charge on any atom is -0.384 e. The van der Waals surface area contributed by atoms with Gasteiger partial charge >= 0.3 is 0 Å². The maximum absolute atomic E-state index is 5.68. The number of hydrogen-bond donors (Lipinski definition) is 2. The molecule has 0 bridgehead atoms. The van der Waals surface area contributed by atoms with E-state index < -0.39 is 0 Å². The number of nitrogens with one attached hydrogen (secondary N) is 1. The lowest BCUT2D eigenvalue weighted by molar-refractivity contribution is 1.14. The first-order chi connectivity index (χ1) is 7.56. The fourth-order valence-corrected chi connectivity index (χ4v) is 1.95. The van der Waals surface area contributed by atoms with Crippen molar-refractivity contribution in [3.05, 3.63) is 40.2 Å². The minimum atomic E-state index is 0.412. The van der Waals surface area contributed by atoms with Gasteiger partial charge in [-0.1, -0.05) is 23.8 Å².